The van der Waals surface area contributed by atoms with Crippen molar-refractivity contribution < 1.29 is 19.5 Å². The molecule has 7 rings (SSSR count). The lowest BCUT2D eigenvalue weighted by Gasteiger charge is -2.37. The van der Waals surface area contributed by atoms with Crippen LogP contribution in [0.15, 0.2) is 102 Å². The number of aliphatic hydroxyl groups excluding tert-OH is 2. The van der Waals surface area contributed by atoms with Crippen LogP contribution in [0, 0.1) is 11.8 Å². The molecule has 3 saturated heterocycles. The Morgan fingerprint density at radius 1 is 0.500 bits per heavy atom. The molecule has 3 aliphatic rings. The van der Waals surface area contributed by atoms with Gasteiger partial charge < -0.3 is 39.1 Å². The van der Waals surface area contributed by atoms with Gasteiger partial charge in [0.25, 0.3) is 0 Å². The zero-order chi connectivity index (χ0) is 41.6. The van der Waals surface area contributed by atoms with Crippen LogP contribution in [0.1, 0.15) is 91.6 Å². The Balaban J connectivity index is 0.000000203. The first-order valence-corrected chi connectivity index (χ1v) is 22.1. The minimum Gasteiger partial charge on any atom is -0.399 e. The second-order valence-corrected chi connectivity index (χ2v) is 19.0. The Morgan fingerprint density at radius 2 is 0.776 bits per heavy atom. The van der Waals surface area contributed by atoms with Crippen molar-refractivity contribution in [2.75, 3.05) is 72.0 Å². The lowest BCUT2D eigenvalue weighted by Crippen LogP contribution is -2.46. The van der Waals surface area contributed by atoms with Crippen molar-refractivity contribution in [3.05, 3.63) is 113 Å². The van der Waals surface area contributed by atoms with E-state index in [0.717, 1.165) is 86.3 Å². The van der Waals surface area contributed by atoms with Crippen LogP contribution in [-0.2, 0) is 9.31 Å². The van der Waals surface area contributed by atoms with Crippen molar-refractivity contribution in [2.24, 2.45) is 11.8 Å². The predicted octanol–water partition coefficient (Wildman–Crippen LogP) is 9.25. The third kappa shape index (κ3) is 11.2. The molecule has 3 fully saturated rings. The summed E-state index contributed by atoms with van der Waals surface area (Å²) in [6.07, 6.45) is 0.871. The normalized spacial score (nSPS) is 19.0. The van der Waals surface area contributed by atoms with Crippen LogP contribution >= 0.6 is 15.9 Å². The first-order chi connectivity index (χ1) is 27.6. The van der Waals surface area contributed by atoms with Gasteiger partial charge in [0.1, 0.15) is 0 Å². The minimum atomic E-state index is -0.379. The quantitative estimate of drug-likeness (QED) is 0.145. The van der Waals surface area contributed by atoms with Crippen LogP contribution in [-0.4, -0.2) is 80.9 Å². The standard InChI is InChI=1S/C27H39BN2O3.C21H27BrN2O/c1-20(2)19-25(31)21-7-11-23(12-8-21)29-15-17-30(18-16-29)24-13-9-22(10-14-24)28-32-26(3,4)27(5,6)33-28;1-16(2)15-21(25)17-3-7-19(8-4-17)23-11-13-24(14-12-23)20-9-5-18(22)6-10-20/h7-14,20,25,31H,15-19H2,1-6H3;3-10,16,21,25H,11-15H2,1-2H3. The van der Waals surface area contributed by atoms with Crippen LogP contribution < -0.4 is 25.1 Å². The Kier molecular flexibility index (Phi) is 14.6. The number of hydrogen-bond acceptors (Lipinski definition) is 8. The Hall–Kier alpha value is -3.54. The number of rotatable bonds is 11. The number of hydrogen-bond donors (Lipinski definition) is 2. The van der Waals surface area contributed by atoms with Gasteiger partial charge in [0.2, 0.25) is 0 Å². The molecule has 0 saturated carbocycles. The van der Waals surface area contributed by atoms with Crippen molar-refractivity contribution in [1.82, 2.24) is 0 Å². The molecular weight excluding hydrogens is 787 g/mol. The highest BCUT2D eigenvalue weighted by atomic mass is 79.9. The lowest BCUT2D eigenvalue weighted by molar-refractivity contribution is 0.00578. The average molecular weight is 854 g/mol. The van der Waals surface area contributed by atoms with E-state index in [-0.39, 0.29) is 30.5 Å². The molecule has 2 N–H and O–H groups in total. The monoisotopic (exact) mass is 852 g/mol. The molecule has 4 aromatic carbocycles. The fraction of sp³-hybridized carbons (Fsp3) is 0.500. The maximum atomic E-state index is 10.4. The molecule has 8 nitrogen and oxygen atoms in total. The zero-order valence-corrected chi connectivity index (χ0v) is 37.7. The number of halogens is 1. The Labute approximate surface area is 357 Å². The zero-order valence-electron chi connectivity index (χ0n) is 36.1. The summed E-state index contributed by atoms with van der Waals surface area (Å²) in [6, 6.07) is 34.0. The predicted molar refractivity (Wildman–Crippen MR) is 247 cm³/mol. The van der Waals surface area contributed by atoms with Crippen LogP contribution in [0.5, 0.6) is 0 Å². The van der Waals surface area contributed by atoms with Gasteiger partial charge in [-0.15, -0.1) is 0 Å². The Bertz CT molecular complexity index is 1840. The molecule has 0 bridgehead atoms. The molecule has 0 amide bonds. The molecule has 10 heteroatoms. The van der Waals surface area contributed by atoms with Crippen LogP contribution in [0.3, 0.4) is 0 Å². The van der Waals surface area contributed by atoms with Gasteiger partial charge >= 0.3 is 7.12 Å². The van der Waals surface area contributed by atoms with Gasteiger partial charge in [-0.1, -0.05) is 80.0 Å². The summed E-state index contributed by atoms with van der Waals surface area (Å²) in [4.78, 5) is 9.72. The first-order valence-electron chi connectivity index (χ1n) is 21.4. The SMILES string of the molecule is CC(C)CC(O)c1ccc(N2CCN(c3ccc(B4OC(C)(C)C(C)(C)O4)cc3)CC2)cc1.CC(C)CC(O)c1ccc(N2CCN(c3ccc(Br)cc3)CC2)cc1. The fourth-order valence-electron chi connectivity index (χ4n) is 7.90. The van der Waals surface area contributed by atoms with Crippen molar-refractivity contribution in [3.63, 3.8) is 0 Å². The summed E-state index contributed by atoms with van der Waals surface area (Å²) in [6.45, 7) is 24.9. The Morgan fingerprint density at radius 3 is 1.07 bits per heavy atom. The second kappa shape index (κ2) is 19.2. The lowest BCUT2D eigenvalue weighted by atomic mass is 9.79. The van der Waals surface area contributed by atoms with Crippen molar-refractivity contribution >= 4 is 51.3 Å². The summed E-state index contributed by atoms with van der Waals surface area (Å²) in [5.41, 5.74) is 7.45. The highest BCUT2D eigenvalue weighted by Crippen LogP contribution is 2.37. The third-order valence-electron chi connectivity index (χ3n) is 12.2. The van der Waals surface area contributed by atoms with Gasteiger partial charge in [0.15, 0.2) is 0 Å². The summed E-state index contributed by atoms with van der Waals surface area (Å²) in [5.74, 6) is 0.986. The van der Waals surface area contributed by atoms with Crippen molar-refractivity contribution in [1.29, 1.82) is 0 Å². The highest BCUT2D eigenvalue weighted by molar-refractivity contribution is 9.10. The molecule has 3 aliphatic heterocycles. The van der Waals surface area contributed by atoms with Gasteiger partial charge in [-0.05, 0) is 130 Å². The summed E-state index contributed by atoms with van der Waals surface area (Å²) < 4.78 is 13.5. The average Bonchev–Trinajstić information content (AvgIpc) is 3.44. The summed E-state index contributed by atoms with van der Waals surface area (Å²) in [5, 5.41) is 20.6. The molecule has 3 heterocycles. The van der Waals surface area contributed by atoms with Crippen molar-refractivity contribution in [2.45, 2.75) is 91.6 Å². The summed E-state index contributed by atoms with van der Waals surface area (Å²) >= 11 is 3.49. The molecule has 312 valence electrons. The van der Waals surface area contributed by atoms with Gasteiger partial charge in [0, 0.05) is 79.6 Å². The molecular formula is C48H66BBrN4O4. The first kappa shape index (κ1) is 44.0. The van der Waals surface area contributed by atoms with E-state index in [1.54, 1.807) is 0 Å². The molecule has 0 radical (unpaired) electrons. The van der Waals surface area contributed by atoms with E-state index < -0.39 is 0 Å². The largest absolute Gasteiger partial charge is 0.494 e. The van der Waals surface area contributed by atoms with Gasteiger partial charge in [-0.3, -0.25) is 0 Å². The molecule has 0 aromatic heterocycles. The molecule has 4 aromatic rings. The number of piperazine rings is 2. The smallest absolute Gasteiger partial charge is 0.399 e. The minimum absolute atomic E-state index is 0.317. The second-order valence-electron chi connectivity index (χ2n) is 18.1. The third-order valence-corrected chi connectivity index (χ3v) is 12.7. The topological polar surface area (TPSA) is 71.9 Å². The van der Waals surface area contributed by atoms with E-state index in [9.17, 15) is 10.2 Å². The maximum Gasteiger partial charge on any atom is 0.494 e. The van der Waals surface area contributed by atoms with Gasteiger partial charge in [0.05, 0.1) is 23.4 Å². The van der Waals surface area contributed by atoms with Crippen LogP contribution in [0.2, 0.25) is 0 Å². The highest BCUT2D eigenvalue weighted by Gasteiger charge is 2.51. The van der Waals surface area contributed by atoms with Crippen LogP contribution in [0.4, 0.5) is 22.7 Å². The summed E-state index contributed by atoms with van der Waals surface area (Å²) in [7, 11) is -0.317. The fourth-order valence-corrected chi connectivity index (χ4v) is 8.16. The number of benzene rings is 4. The molecule has 2 atom stereocenters. The number of nitrogens with zero attached hydrogens (tertiary/aromatic N) is 4. The molecule has 0 aliphatic carbocycles. The maximum absolute atomic E-state index is 10.4. The van der Waals surface area contributed by atoms with Gasteiger partial charge in [-0.25, -0.2) is 0 Å². The van der Waals surface area contributed by atoms with E-state index in [1.807, 2.05) is 0 Å². The molecule has 0 spiro atoms. The van der Waals surface area contributed by atoms with Crippen molar-refractivity contribution in [3.8, 4) is 0 Å². The molecule has 2 unspecified atom stereocenters. The van der Waals surface area contributed by atoms with Crippen LogP contribution in [0.25, 0.3) is 0 Å². The van der Waals surface area contributed by atoms with E-state index in [2.05, 4.69) is 188 Å². The van der Waals surface area contributed by atoms with E-state index in [1.165, 1.54) is 22.7 Å². The van der Waals surface area contributed by atoms with E-state index in [0.29, 0.717) is 11.8 Å². The van der Waals surface area contributed by atoms with E-state index >= 15 is 0 Å². The number of anilines is 4. The molecule has 58 heavy (non-hydrogen) atoms. The number of aliphatic hydroxyl groups is 2. The van der Waals surface area contributed by atoms with E-state index in [4.69, 9.17) is 9.31 Å². The van der Waals surface area contributed by atoms with Gasteiger partial charge in [-0.2, -0.15) is 0 Å².